The summed E-state index contributed by atoms with van der Waals surface area (Å²) in [4.78, 5) is 0. The number of nitrogens with zero attached hydrogens (tertiary/aromatic N) is 2. The topological polar surface area (TPSA) is 51.0 Å². The SMILES string of the molecule is CCC(NC)c1nnc(-c2ccc(C(C)C)cc2)o1. The van der Waals surface area contributed by atoms with E-state index >= 15 is 0 Å². The molecular weight excluding hydrogens is 238 g/mol. The van der Waals surface area contributed by atoms with Gasteiger partial charge in [0.2, 0.25) is 11.8 Å². The van der Waals surface area contributed by atoms with E-state index in [0.29, 0.717) is 17.7 Å². The molecule has 0 saturated carbocycles. The van der Waals surface area contributed by atoms with E-state index in [9.17, 15) is 0 Å². The fourth-order valence-electron chi connectivity index (χ4n) is 2.00. The molecule has 1 heterocycles. The molecule has 102 valence electrons. The van der Waals surface area contributed by atoms with Gasteiger partial charge >= 0.3 is 0 Å². The average molecular weight is 259 g/mol. The zero-order valence-corrected chi connectivity index (χ0v) is 12.0. The van der Waals surface area contributed by atoms with E-state index in [1.54, 1.807) is 0 Å². The lowest BCUT2D eigenvalue weighted by molar-refractivity contribution is 0.415. The molecule has 0 bridgehead atoms. The van der Waals surface area contributed by atoms with E-state index in [-0.39, 0.29) is 6.04 Å². The highest BCUT2D eigenvalue weighted by Gasteiger charge is 2.15. The van der Waals surface area contributed by atoms with Crippen molar-refractivity contribution in [3.8, 4) is 11.5 Å². The number of aromatic nitrogens is 2. The number of nitrogens with one attached hydrogen (secondary N) is 1. The van der Waals surface area contributed by atoms with Gasteiger partial charge in [-0.3, -0.25) is 0 Å². The van der Waals surface area contributed by atoms with Gasteiger partial charge in [0.05, 0.1) is 6.04 Å². The number of hydrogen-bond donors (Lipinski definition) is 1. The molecule has 0 aliphatic carbocycles. The Bertz CT molecular complexity index is 512. The quantitative estimate of drug-likeness (QED) is 0.892. The second-order valence-electron chi connectivity index (χ2n) is 4.97. The molecule has 4 nitrogen and oxygen atoms in total. The maximum Gasteiger partial charge on any atom is 0.247 e. The Hall–Kier alpha value is -1.68. The second kappa shape index (κ2) is 5.97. The van der Waals surface area contributed by atoms with Gasteiger partial charge in [-0.2, -0.15) is 0 Å². The first-order chi connectivity index (χ1) is 9.15. The minimum absolute atomic E-state index is 0.121. The molecule has 0 fully saturated rings. The fourth-order valence-corrected chi connectivity index (χ4v) is 2.00. The van der Waals surface area contributed by atoms with Gasteiger partial charge in [-0.25, -0.2) is 0 Å². The molecule has 0 radical (unpaired) electrons. The molecule has 0 amide bonds. The Labute approximate surface area is 114 Å². The maximum atomic E-state index is 5.73. The third kappa shape index (κ3) is 3.01. The van der Waals surface area contributed by atoms with Crippen LogP contribution in [0.4, 0.5) is 0 Å². The molecule has 4 heteroatoms. The van der Waals surface area contributed by atoms with Gasteiger partial charge in [-0.15, -0.1) is 10.2 Å². The van der Waals surface area contributed by atoms with Crippen molar-refractivity contribution in [3.63, 3.8) is 0 Å². The highest BCUT2D eigenvalue weighted by molar-refractivity contribution is 5.53. The van der Waals surface area contributed by atoms with Crippen molar-refractivity contribution in [2.24, 2.45) is 0 Å². The molecular formula is C15H21N3O. The van der Waals surface area contributed by atoms with Crippen LogP contribution in [0.2, 0.25) is 0 Å². The summed E-state index contributed by atoms with van der Waals surface area (Å²) in [6.45, 7) is 6.44. The molecule has 0 aliphatic heterocycles. The highest BCUT2D eigenvalue weighted by atomic mass is 16.4. The zero-order chi connectivity index (χ0) is 13.8. The van der Waals surface area contributed by atoms with Crippen LogP contribution in [0.1, 0.15) is 50.6 Å². The monoisotopic (exact) mass is 259 g/mol. The van der Waals surface area contributed by atoms with E-state index in [1.165, 1.54) is 5.56 Å². The molecule has 1 N–H and O–H groups in total. The van der Waals surface area contributed by atoms with Gasteiger partial charge in [0.15, 0.2) is 0 Å². The molecule has 0 spiro atoms. The Morgan fingerprint density at radius 2 is 1.84 bits per heavy atom. The highest BCUT2D eigenvalue weighted by Crippen LogP contribution is 2.24. The summed E-state index contributed by atoms with van der Waals surface area (Å²) < 4.78 is 5.73. The molecule has 2 aromatic rings. The van der Waals surface area contributed by atoms with Crippen molar-refractivity contribution in [3.05, 3.63) is 35.7 Å². The van der Waals surface area contributed by atoms with Crippen LogP contribution in [0.25, 0.3) is 11.5 Å². The summed E-state index contributed by atoms with van der Waals surface area (Å²) in [5.74, 6) is 1.76. The smallest absolute Gasteiger partial charge is 0.247 e. The Morgan fingerprint density at radius 3 is 2.37 bits per heavy atom. The van der Waals surface area contributed by atoms with Crippen molar-refractivity contribution < 1.29 is 4.42 Å². The minimum Gasteiger partial charge on any atom is -0.419 e. The van der Waals surface area contributed by atoms with Crippen molar-refractivity contribution >= 4 is 0 Å². The largest absolute Gasteiger partial charge is 0.419 e. The third-order valence-corrected chi connectivity index (χ3v) is 3.32. The predicted octanol–water partition coefficient (Wildman–Crippen LogP) is 3.53. The van der Waals surface area contributed by atoms with E-state index in [4.69, 9.17) is 4.42 Å². The second-order valence-corrected chi connectivity index (χ2v) is 4.97. The molecule has 1 unspecified atom stereocenters. The van der Waals surface area contributed by atoms with Crippen molar-refractivity contribution in [2.45, 2.75) is 39.2 Å². The standard InChI is InChI=1S/C15H21N3O/c1-5-13(16-4)15-18-17-14(19-15)12-8-6-11(7-9-12)10(2)3/h6-10,13,16H,5H2,1-4H3. The number of benzene rings is 1. The molecule has 1 atom stereocenters. The predicted molar refractivity (Wildman–Crippen MR) is 75.9 cm³/mol. The van der Waals surface area contributed by atoms with Crippen LogP contribution < -0.4 is 5.32 Å². The first-order valence-electron chi connectivity index (χ1n) is 6.76. The Balaban J connectivity index is 2.22. The van der Waals surface area contributed by atoms with Gasteiger partial charge in [0, 0.05) is 5.56 Å². The molecule has 1 aromatic carbocycles. The average Bonchev–Trinajstić information content (AvgIpc) is 2.90. The zero-order valence-electron chi connectivity index (χ0n) is 12.0. The Kier molecular flexibility index (Phi) is 4.32. The molecule has 0 aliphatic rings. The maximum absolute atomic E-state index is 5.73. The summed E-state index contributed by atoms with van der Waals surface area (Å²) >= 11 is 0. The van der Waals surface area contributed by atoms with Crippen LogP contribution in [0.5, 0.6) is 0 Å². The van der Waals surface area contributed by atoms with Gasteiger partial charge in [0.1, 0.15) is 0 Å². The molecule has 2 rings (SSSR count). The van der Waals surface area contributed by atoms with Crippen molar-refractivity contribution in [1.82, 2.24) is 15.5 Å². The van der Waals surface area contributed by atoms with E-state index in [2.05, 4.69) is 48.4 Å². The van der Waals surface area contributed by atoms with Crippen molar-refractivity contribution in [2.75, 3.05) is 7.05 Å². The van der Waals surface area contributed by atoms with Crippen LogP contribution in [0.3, 0.4) is 0 Å². The first kappa shape index (κ1) is 13.7. The lowest BCUT2D eigenvalue weighted by atomic mass is 10.0. The number of rotatable bonds is 5. The minimum atomic E-state index is 0.121. The summed E-state index contributed by atoms with van der Waals surface area (Å²) in [7, 11) is 1.90. The van der Waals surface area contributed by atoms with E-state index < -0.39 is 0 Å². The van der Waals surface area contributed by atoms with Gasteiger partial charge in [0.25, 0.3) is 0 Å². The van der Waals surface area contributed by atoms with Crippen LogP contribution in [-0.4, -0.2) is 17.2 Å². The summed E-state index contributed by atoms with van der Waals surface area (Å²) in [6.07, 6.45) is 0.921. The van der Waals surface area contributed by atoms with Gasteiger partial charge in [-0.05, 0) is 37.1 Å². The van der Waals surface area contributed by atoms with Gasteiger partial charge in [-0.1, -0.05) is 32.9 Å². The third-order valence-electron chi connectivity index (χ3n) is 3.32. The summed E-state index contributed by atoms with van der Waals surface area (Å²) in [5.41, 5.74) is 2.28. The van der Waals surface area contributed by atoms with E-state index in [0.717, 1.165) is 12.0 Å². The van der Waals surface area contributed by atoms with Crippen LogP contribution in [-0.2, 0) is 0 Å². The van der Waals surface area contributed by atoms with Crippen molar-refractivity contribution in [1.29, 1.82) is 0 Å². The lowest BCUT2D eigenvalue weighted by Gasteiger charge is -2.07. The van der Waals surface area contributed by atoms with Crippen LogP contribution >= 0.6 is 0 Å². The molecule has 1 aromatic heterocycles. The summed E-state index contributed by atoms with van der Waals surface area (Å²) in [5, 5.41) is 11.4. The molecule has 0 saturated heterocycles. The van der Waals surface area contributed by atoms with E-state index in [1.807, 2.05) is 19.2 Å². The normalized spacial score (nSPS) is 12.9. The lowest BCUT2D eigenvalue weighted by Crippen LogP contribution is -2.15. The summed E-state index contributed by atoms with van der Waals surface area (Å²) in [6, 6.07) is 8.41. The molecule has 19 heavy (non-hydrogen) atoms. The fraction of sp³-hybridized carbons (Fsp3) is 0.467. The van der Waals surface area contributed by atoms with Crippen LogP contribution in [0.15, 0.2) is 28.7 Å². The number of hydrogen-bond acceptors (Lipinski definition) is 4. The van der Waals surface area contributed by atoms with Crippen LogP contribution in [0, 0.1) is 0 Å². The van der Waals surface area contributed by atoms with Gasteiger partial charge < -0.3 is 9.73 Å². The Morgan fingerprint density at radius 1 is 1.16 bits per heavy atom. The first-order valence-corrected chi connectivity index (χ1v) is 6.76.